The molecule has 0 saturated heterocycles. The van der Waals surface area contributed by atoms with Crippen LogP contribution in [0, 0.1) is 0 Å². The topological polar surface area (TPSA) is 28.2 Å². The molecule has 0 aliphatic carbocycles. The fourth-order valence-electron chi connectivity index (χ4n) is 3.28. The summed E-state index contributed by atoms with van der Waals surface area (Å²) in [6, 6.07) is 4.66. The molecule has 3 heterocycles. The standard InChI is InChI=1S/C17H22ClN3S/c1-17(2)11-21(15-8-13(18)9-20-16(15)17)14(4-6-19-3)12-5-7-22-10-12/h5,7-10,14,19H,4,6,11H2,1-3H3. The Kier molecular flexibility index (Phi) is 4.44. The second-order valence-corrected chi connectivity index (χ2v) is 7.71. The smallest absolute Gasteiger partial charge is 0.0711 e. The summed E-state index contributed by atoms with van der Waals surface area (Å²) in [7, 11) is 2.00. The van der Waals surface area contributed by atoms with E-state index in [-0.39, 0.29) is 5.41 Å². The van der Waals surface area contributed by atoms with Gasteiger partial charge < -0.3 is 10.2 Å². The molecule has 1 unspecified atom stereocenters. The first-order valence-electron chi connectivity index (χ1n) is 7.62. The van der Waals surface area contributed by atoms with Crippen LogP contribution in [-0.2, 0) is 5.41 Å². The lowest BCUT2D eigenvalue weighted by Crippen LogP contribution is -2.33. The Hall–Kier alpha value is -1.10. The summed E-state index contributed by atoms with van der Waals surface area (Å²) in [6.07, 6.45) is 2.83. The SMILES string of the molecule is CNCCC(c1ccsc1)N1CC(C)(C)c2ncc(Cl)cc21. The number of nitrogens with zero attached hydrogens (tertiary/aromatic N) is 2. The molecule has 3 nitrogen and oxygen atoms in total. The number of fused-ring (bicyclic) bond motifs is 1. The first kappa shape index (κ1) is 15.8. The summed E-state index contributed by atoms with van der Waals surface area (Å²) in [5, 5.41) is 8.39. The van der Waals surface area contributed by atoms with Gasteiger partial charge in [0, 0.05) is 18.2 Å². The maximum Gasteiger partial charge on any atom is 0.0711 e. The van der Waals surface area contributed by atoms with Crippen molar-refractivity contribution >= 4 is 28.6 Å². The third-order valence-electron chi connectivity index (χ3n) is 4.32. The van der Waals surface area contributed by atoms with Gasteiger partial charge in [0.25, 0.3) is 0 Å². The molecule has 3 rings (SSSR count). The Bertz CT molecular complexity index is 639. The minimum atomic E-state index is 0.0494. The van der Waals surface area contributed by atoms with Crippen molar-refractivity contribution in [3.63, 3.8) is 0 Å². The lowest BCUT2D eigenvalue weighted by atomic mass is 9.91. The summed E-state index contributed by atoms with van der Waals surface area (Å²) in [5.74, 6) is 0. The molecule has 1 atom stereocenters. The molecule has 0 bridgehead atoms. The molecule has 2 aromatic rings. The molecule has 2 aromatic heterocycles. The number of thiophene rings is 1. The van der Waals surface area contributed by atoms with E-state index in [0.717, 1.165) is 25.2 Å². The van der Waals surface area contributed by atoms with E-state index < -0.39 is 0 Å². The quantitative estimate of drug-likeness (QED) is 0.885. The van der Waals surface area contributed by atoms with Crippen molar-refractivity contribution in [2.45, 2.75) is 31.7 Å². The Morgan fingerprint density at radius 3 is 3.00 bits per heavy atom. The fraction of sp³-hybridized carbons (Fsp3) is 0.471. The molecule has 1 aliphatic heterocycles. The van der Waals surface area contributed by atoms with Gasteiger partial charge in [0.15, 0.2) is 0 Å². The second kappa shape index (κ2) is 6.19. The minimum Gasteiger partial charge on any atom is -0.362 e. The largest absolute Gasteiger partial charge is 0.362 e. The number of hydrogen-bond donors (Lipinski definition) is 1. The van der Waals surface area contributed by atoms with E-state index in [0.29, 0.717) is 11.1 Å². The van der Waals surface area contributed by atoms with Crippen LogP contribution in [0.2, 0.25) is 5.02 Å². The predicted octanol–water partition coefficient (Wildman–Crippen LogP) is 4.24. The second-order valence-electron chi connectivity index (χ2n) is 6.50. The van der Waals surface area contributed by atoms with E-state index in [9.17, 15) is 0 Å². The zero-order valence-electron chi connectivity index (χ0n) is 13.3. The van der Waals surface area contributed by atoms with Crippen LogP contribution >= 0.6 is 22.9 Å². The van der Waals surface area contributed by atoms with Crippen molar-refractivity contribution in [3.8, 4) is 0 Å². The molecule has 5 heteroatoms. The van der Waals surface area contributed by atoms with Crippen LogP contribution in [0.4, 0.5) is 5.69 Å². The normalized spacial score (nSPS) is 17.5. The van der Waals surface area contributed by atoms with Crippen LogP contribution in [-0.4, -0.2) is 25.1 Å². The van der Waals surface area contributed by atoms with Gasteiger partial charge in [-0.15, -0.1) is 0 Å². The van der Waals surface area contributed by atoms with Crippen LogP contribution in [0.15, 0.2) is 29.1 Å². The van der Waals surface area contributed by atoms with Crippen molar-refractivity contribution in [1.82, 2.24) is 10.3 Å². The molecular weight excluding hydrogens is 314 g/mol. The van der Waals surface area contributed by atoms with E-state index in [1.807, 2.05) is 7.05 Å². The Morgan fingerprint density at radius 1 is 1.50 bits per heavy atom. The number of rotatable bonds is 5. The van der Waals surface area contributed by atoms with Gasteiger partial charge in [-0.1, -0.05) is 25.4 Å². The number of anilines is 1. The Labute approximate surface area is 141 Å². The summed E-state index contributed by atoms with van der Waals surface area (Å²) < 4.78 is 0. The van der Waals surface area contributed by atoms with Crippen molar-refractivity contribution in [2.75, 3.05) is 25.0 Å². The molecule has 118 valence electrons. The number of aromatic nitrogens is 1. The van der Waals surface area contributed by atoms with E-state index in [2.05, 4.69) is 51.9 Å². The van der Waals surface area contributed by atoms with E-state index in [4.69, 9.17) is 11.6 Å². The zero-order valence-corrected chi connectivity index (χ0v) is 14.8. The number of hydrogen-bond acceptors (Lipinski definition) is 4. The first-order chi connectivity index (χ1) is 10.5. The highest BCUT2D eigenvalue weighted by Gasteiger charge is 2.39. The summed E-state index contributed by atoms with van der Waals surface area (Å²) in [6.45, 7) is 6.48. The lowest BCUT2D eigenvalue weighted by Gasteiger charge is -2.31. The minimum absolute atomic E-state index is 0.0494. The zero-order chi connectivity index (χ0) is 15.7. The van der Waals surface area contributed by atoms with Crippen molar-refractivity contribution in [3.05, 3.63) is 45.4 Å². The number of halogens is 1. The monoisotopic (exact) mass is 335 g/mol. The van der Waals surface area contributed by atoms with Crippen molar-refractivity contribution in [1.29, 1.82) is 0 Å². The average molecular weight is 336 g/mol. The molecule has 0 radical (unpaired) electrons. The van der Waals surface area contributed by atoms with Gasteiger partial charge in [0.05, 0.1) is 22.4 Å². The maximum atomic E-state index is 6.22. The molecule has 1 aliphatic rings. The van der Waals surface area contributed by atoms with Gasteiger partial charge >= 0.3 is 0 Å². The van der Waals surface area contributed by atoms with Crippen LogP contribution in [0.25, 0.3) is 0 Å². The van der Waals surface area contributed by atoms with Crippen LogP contribution in [0.3, 0.4) is 0 Å². The summed E-state index contributed by atoms with van der Waals surface area (Å²) >= 11 is 7.97. The molecule has 0 aromatic carbocycles. The predicted molar refractivity (Wildman–Crippen MR) is 95.2 cm³/mol. The number of pyridine rings is 1. The third-order valence-corrected chi connectivity index (χ3v) is 5.23. The fourth-order valence-corrected chi connectivity index (χ4v) is 4.14. The van der Waals surface area contributed by atoms with Crippen molar-refractivity contribution < 1.29 is 0 Å². The lowest BCUT2D eigenvalue weighted by molar-refractivity contribution is 0.491. The van der Waals surface area contributed by atoms with Gasteiger partial charge in [0.2, 0.25) is 0 Å². The molecule has 0 fully saturated rings. The van der Waals surface area contributed by atoms with Gasteiger partial charge in [0.1, 0.15) is 0 Å². The molecular formula is C17H22ClN3S. The van der Waals surface area contributed by atoms with Crippen LogP contribution in [0.1, 0.15) is 37.6 Å². The van der Waals surface area contributed by atoms with E-state index >= 15 is 0 Å². The molecule has 1 N–H and O–H groups in total. The average Bonchev–Trinajstić information content (AvgIpc) is 3.07. The highest BCUT2D eigenvalue weighted by Crippen LogP contribution is 2.45. The van der Waals surface area contributed by atoms with Crippen LogP contribution in [0.5, 0.6) is 0 Å². The van der Waals surface area contributed by atoms with E-state index in [1.54, 1.807) is 17.5 Å². The van der Waals surface area contributed by atoms with Gasteiger partial charge in [-0.25, -0.2) is 0 Å². The van der Waals surface area contributed by atoms with Gasteiger partial charge in [-0.3, -0.25) is 4.98 Å². The maximum absolute atomic E-state index is 6.22. The Morgan fingerprint density at radius 2 is 2.32 bits per heavy atom. The van der Waals surface area contributed by atoms with Gasteiger partial charge in [-0.05, 0) is 48.5 Å². The Balaban J connectivity index is 2.01. The molecule has 0 saturated carbocycles. The summed E-state index contributed by atoms with van der Waals surface area (Å²) in [5.41, 5.74) is 3.77. The van der Waals surface area contributed by atoms with Gasteiger partial charge in [-0.2, -0.15) is 11.3 Å². The van der Waals surface area contributed by atoms with E-state index in [1.165, 1.54) is 11.3 Å². The highest BCUT2D eigenvalue weighted by atomic mass is 35.5. The third kappa shape index (κ3) is 2.87. The first-order valence-corrected chi connectivity index (χ1v) is 8.94. The molecule has 22 heavy (non-hydrogen) atoms. The van der Waals surface area contributed by atoms with Crippen LogP contribution < -0.4 is 10.2 Å². The van der Waals surface area contributed by atoms with Crippen molar-refractivity contribution in [2.24, 2.45) is 0 Å². The molecule has 0 amide bonds. The summed E-state index contributed by atoms with van der Waals surface area (Å²) in [4.78, 5) is 7.10. The number of nitrogens with one attached hydrogen (secondary N) is 1. The molecule has 0 spiro atoms. The highest BCUT2D eigenvalue weighted by molar-refractivity contribution is 7.08.